The predicted molar refractivity (Wildman–Crippen MR) is 105 cm³/mol. The smallest absolute Gasteiger partial charge is 0.408 e. The summed E-state index contributed by atoms with van der Waals surface area (Å²) in [5.41, 5.74) is 6.20. The fourth-order valence-electron chi connectivity index (χ4n) is 2.83. The topological polar surface area (TPSA) is 47.6 Å². The highest BCUT2D eigenvalue weighted by atomic mass is 28.3. The Morgan fingerprint density at radius 2 is 1.81 bits per heavy atom. The number of alkyl carbamates (subject to hydrolysis) is 1. The van der Waals surface area contributed by atoms with Gasteiger partial charge < -0.3 is 14.8 Å². The lowest BCUT2D eigenvalue weighted by Gasteiger charge is -2.18. The molecule has 0 bridgehead atoms. The number of ether oxygens (including phenoxy) is 2. The maximum atomic E-state index is 11.9. The molecule has 0 radical (unpaired) electrons. The van der Waals surface area contributed by atoms with E-state index in [1.807, 2.05) is 48.5 Å². The van der Waals surface area contributed by atoms with E-state index in [1.165, 1.54) is 0 Å². The molecule has 0 spiro atoms. The van der Waals surface area contributed by atoms with Crippen molar-refractivity contribution in [2.24, 2.45) is 0 Å². The first-order valence-corrected chi connectivity index (χ1v) is 12.1. The molecule has 1 fully saturated rings. The number of hydrogen-bond acceptors (Lipinski definition) is 3. The number of cyclic esters (lactones) is 1. The van der Waals surface area contributed by atoms with Crippen LogP contribution in [0.3, 0.4) is 0 Å². The minimum atomic E-state index is -1.45. The van der Waals surface area contributed by atoms with Crippen molar-refractivity contribution in [3.8, 4) is 17.2 Å². The van der Waals surface area contributed by atoms with Gasteiger partial charge in [-0.25, -0.2) is 4.79 Å². The Morgan fingerprint density at radius 1 is 1.08 bits per heavy atom. The average Bonchev–Trinajstić information content (AvgIpc) is 3.02. The van der Waals surface area contributed by atoms with E-state index in [2.05, 4.69) is 36.4 Å². The molecule has 4 nitrogen and oxygen atoms in total. The number of methoxy groups -OCH3 is 1. The Labute approximate surface area is 155 Å². The number of carbonyl (C=O) groups is 1. The van der Waals surface area contributed by atoms with Crippen molar-refractivity contribution in [3.05, 3.63) is 65.2 Å². The van der Waals surface area contributed by atoms with Gasteiger partial charge in [0.05, 0.1) is 13.2 Å². The van der Waals surface area contributed by atoms with Gasteiger partial charge in [0, 0.05) is 5.56 Å². The van der Waals surface area contributed by atoms with Crippen molar-refractivity contribution in [1.29, 1.82) is 0 Å². The molecule has 2 aromatic carbocycles. The summed E-state index contributed by atoms with van der Waals surface area (Å²) in [5.74, 6) is 4.01. The summed E-state index contributed by atoms with van der Waals surface area (Å²) in [6.45, 7) is 6.65. The monoisotopic (exact) mass is 365 g/mol. The lowest BCUT2D eigenvalue weighted by Crippen LogP contribution is -2.19. The van der Waals surface area contributed by atoms with Gasteiger partial charge in [-0.1, -0.05) is 49.8 Å². The molecular formula is C21H23NO3Si. The van der Waals surface area contributed by atoms with Crippen molar-refractivity contribution in [2.45, 2.75) is 31.8 Å². The third-order valence-electron chi connectivity index (χ3n) is 4.06. The summed E-state index contributed by atoms with van der Waals surface area (Å²) in [4.78, 5) is 11.9. The zero-order chi connectivity index (χ0) is 18.7. The fourth-order valence-corrected chi connectivity index (χ4v) is 3.35. The van der Waals surface area contributed by atoms with Crippen LogP contribution in [-0.2, 0) is 4.74 Å². The molecule has 0 unspecified atom stereocenters. The van der Waals surface area contributed by atoms with Gasteiger partial charge in [-0.3, -0.25) is 0 Å². The molecule has 1 N–H and O–H groups in total. The van der Waals surface area contributed by atoms with Crippen LogP contribution in [0, 0.1) is 11.5 Å². The highest BCUT2D eigenvalue weighted by molar-refractivity contribution is 6.83. The first-order chi connectivity index (χ1) is 12.4. The third-order valence-corrected chi connectivity index (χ3v) is 4.94. The highest BCUT2D eigenvalue weighted by Crippen LogP contribution is 2.37. The van der Waals surface area contributed by atoms with Crippen LogP contribution in [0.4, 0.5) is 4.79 Å². The quantitative estimate of drug-likeness (QED) is 0.646. The summed E-state index contributed by atoms with van der Waals surface area (Å²) in [6, 6.07) is 15.3. The van der Waals surface area contributed by atoms with Crippen molar-refractivity contribution in [1.82, 2.24) is 5.32 Å². The molecule has 1 aliphatic rings. The summed E-state index contributed by atoms with van der Waals surface area (Å²) < 4.78 is 10.8. The molecule has 1 saturated heterocycles. The number of benzene rings is 2. The predicted octanol–water partition coefficient (Wildman–Crippen LogP) is 4.45. The number of hydrogen-bond donors (Lipinski definition) is 1. The van der Waals surface area contributed by atoms with E-state index in [0.717, 1.165) is 22.4 Å². The minimum Gasteiger partial charge on any atom is -0.497 e. The molecule has 2 aromatic rings. The van der Waals surface area contributed by atoms with Crippen LogP contribution < -0.4 is 10.1 Å². The number of carbonyl (C=O) groups excluding carboxylic acids is 1. The SMILES string of the molecule is COc1cccc([C@H]2OC(=O)N[C@@H]2c2cccc(C#C[Si](C)(C)C)c2)c1. The molecule has 0 saturated carbocycles. The molecule has 1 amide bonds. The normalized spacial score (nSPS) is 19.2. The van der Waals surface area contributed by atoms with Gasteiger partial charge in [-0.15, -0.1) is 5.54 Å². The van der Waals surface area contributed by atoms with E-state index in [9.17, 15) is 4.79 Å². The standard InChI is InChI=1S/C21H23NO3Si/c1-24-18-10-6-9-17(14-18)20-19(22-21(23)25-20)16-8-5-7-15(13-16)11-12-26(2,3)4/h5-10,13-14,19-20H,1-4H3,(H,22,23)/t19-,20-/m1/s1. The van der Waals surface area contributed by atoms with Gasteiger partial charge in [0.1, 0.15) is 13.8 Å². The Bertz CT molecular complexity index is 877. The van der Waals surface area contributed by atoms with E-state index in [1.54, 1.807) is 7.11 Å². The van der Waals surface area contributed by atoms with E-state index in [-0.39, 0.29) is 6.04 Å². The second-order valence-electron chi connectivity index (χ2n) is 7.35. The summed E-state index contributed by atoms with van der Waals surface area (Å²) >= 11 is 0. The van der Waals surface area contributed by atoms with Crippen LogP contribution in [0.25, 0.3) is 0 Å². The van der Waals surface area contributed by atoms with E-state index in [0.29, 0.717) is 0 Å². The molecule has 1 aliphatic heterocycles. The van der Waals surface area contributed by atoms with Gasteiger partial charge in [0.25, 0.3) is 0 Å². The highest BCUT2D eigenvalue weighted by Gasteiger charge is 2.36. The van der Waals surface area contributed by atoms with Gasteiger partial charge in [0.2, 0.25) is 0 Å². The average molecular weight is 366 g/mol. The molecule has 3 rings (SSSR count). The van der Waals surface area contributed by atoms with Crippen molar-refractivity contribution < 1.29 is 14.3 Å². The molecule has 2 atom stereocenters. The van der Waals surface area contributed by atoms with E-state index >= 15 is 0 Å². The Hall–Kier alpha value is -2.71. The lowest BCUT2D eigenvalue weighted by molar-refractivity contribution is 0.132. The number of amides is 1. The van der Waals surface area contributed by atoms with E-state index < -0.39 is 20.3 Å². The summed E-state index contributed by atoms with van der Waals surface area (Å²) in [5, 5.41) is 2.91. The molecule has 0 aliphatic carbocycles. The zero-order valence-electron chi connectivity index (χ0n) is 15.5. The summed E-state index contributed by atoms with van der Waals surface area (Å²) in [6.07, 6.45) is -0.820. The van der Waals surface area contributed by atoms with Crippen molar-refractivity contribution >= 4 is 14.2 Å². The lowest BCUT2D eigenvalue weighted by atomic mass is 9.95. The minimum absolute atomic E-state index is 0.261. The van der Waals surface area contributed by atoms with Crippen LogP contribution >= 0.6 is 0 Å². The van der Waals surface area contributed by atoms with Crippen LogP contribution in [-0.4, -0.2) is 21.3 Å². The second-order valence-corrected chi connectivity index (χ2v) is 12.1. The third kappa shape index (κ3) is 4.27. The van der Waals surface area contributed by atoms with Crippen LogP contribution in [0.5, 0.6) is 5.75 Å². The second kappa shape index (κ2) is 7.26. The van der Waals surface area contributed by atoms with Crippen molar-refractivity contribution in [2.75, 3.05) is 7.11 Å². The zero-order valence-corrected chi connectivity index (χ0v) is 16.5. The maximum absolute atomic E-state index is 11.9. The molecule has 134 valence electrons. The number of nitrogens with one attached hydrogen (secondary N) is 1. The molecule has 1 heterocycles. The van der Waals surface area contributed by atoms with Gasteiger partial charge in [-0.2, -0.15) is 0 Å². The largest absolute Gasteiger partial charge is 0.497 e. The first-order valence-electron chi connectivity index (χ1n) is 8.60. The van der Waals surface area contributed by atoms with Crippen molar-refractivity contribution in [3.63, 3.8) is 0 Å². The van der Waals surface area contributed by atoms with Crippen LogP contribution in [0.1, 0.15) is 28.8 Å². The van der Waals surface area contributed by atoms with Crippen LogP contribution in [0.15, 0.2) is 48.5 Å². The summed E-state index contributed by atoms with van der Waals surface area (Å²) in [7, 11) is 0.175. The van der Waals surface area contributed by atoms with Gasteiger partial charge >= 0.3 is 6.09 Å². The molecule has 0 aromatic heterocycles. The molecule has 26 heavy (non-hydrogen) atoms. The van der Waals surface area contributed by atoms with Gasteiger partial charge in [-0.05, 0) is 35.4 Å². The molecular weight excluding hydrogens is 342 g/mol. The Balaban J connectivity index is 1.93. The Kier molecular flexibility index (Phi) is 5.05. The number of rotatable bonds is 3. The maximum Gasteiger partial charge on any atom is 0.408 e. The van der Waals surface area contributed by atoms with Crippen LogP contribution in [0.2, 0.25) is 19.6 Å². The van der Waals surface area contributed by atoms with Gasteiger partial charge in [0.15, 0.2) is 6.10 Å². The Morgan fingerprint density at radius 3 is 2.54 bits per heavy atom. The first kappa shape index (κ1) is 18.1. The molecule has 5 heteroatoms. The van der Waals surface area contributed by atoms with E-state index in [4.69, 9.17) is 9.47 Å². The fraction of sp³-hybridized carbons (Fsp3) is 0.286.